The van der Waals surface area contributed by atoms with Gasteiger partial charge in [0.1, 0.15) is 0 Å². The van der Waals surface area contributed by atoms with Crippen LogP contribution in [0.15, 0.2) is 391 Å². The van der Waals surface area contributed by atoms with Crippen molar-refractivity contribution in [2.24, 2.45) is 0 Å². The molecule has 634 valence electrons. The zero-order chi connectivity index (χ0) is 90.1. The Kier molecular flexibility index (Phi) is 20.0. The summed E-state index contributed by atoms with van der Waals surface area (Å²) < 4.78 is 2.28. The highest BCUT2D eigenvalue weighted by Gasteiger charge is 2.43. The minimum Gasteiger partial charge on any atom is -0.423 e. The molecular weight excluding hydrogens is 1720 g/mol. The van der Waals surface area contributed by atoms with Crippen LogP contribution in [0.5, 0.6) is 0 Å². The Hall–Kier alpha value is -13.1. The van der Waals surface area contributed by atoms with Gasteiger partial charge in [0.05, 0.1) is 0 Å². The molecule has 5 heteroatoms. The molecule has 18 aromatic carbocycles. The van der Waals surface area contributed by atoms with Crippen molar-refractivity contribution in [2.45, 2.75) is 116 Å². The van der Waals surface area contributed by atoms with Crippen LogP contribution in [0.3, 0.4) is 0 Å². The smallest absolute Gasteiger partial charge is 0.423 e. The third kappa shape index (κ3) is 13.7. The highest BCUT2D eigenvalue weighted by atomic mass is 79.9. The van der Waals surface area contributed by atoms with Crippen LogP contribution >= 0.6 is 31.9 Å². The fraction of sp³-hybridized carbons (Fsp3) is 0.143. The topological polar surface area (TPSA) is 40.5 Å². The van der Waals surface area contributed by atoms with Crippen molar-refractivity contribution < 1.29 is 10.0 Å². The SMILES string of the molecule is CC1(C)c2cc(-c3ccc4c(c3)C(C)(C)c3cc(-c5ccccc5-c5ccccc5)ccc3-4)ccc2-c2ccc(-c3ccc4c(c3)C(C)(C)c3cc(-c5ccccc5-c5ccccc5)ccc3-4)cc21.CC1(C)c2cc(Br)ccc2-c2ccc(-c3ccc4c(c3)C(C)(C)c3cc(-c5ccc6c(c5)C(C)(C)c5cc(Br)ccc5-6)ccc3-4)cc21.OB(O)c1ccccc1-c1ccccc1. The molecule has 18 aromatic rings. The van der Waals surface area contributed by atoms with E-state index >= 15 is 0 Å². The standard InChI is InChI=1S/C69H54.C45H36Br2.C12H11BO2/c1-67(2)61-37-45(47-27-33-57-59-35-29-49(41-65(59)68(3,4)63(57)39-47)53-23-15-13-21-51(53)43-17-9-7-10-18-43)25-31-55(61)56-32-26-46(38-62(56)67)48-28-34-58-60-36-30-50(42-66(60)69(5,6)64(58)40-48)54-24-16-14-22-52(54)44-19-11-8-12-20-44;1-43(2)37-19-25(27-9-15-33-35-17-11-29(46)23-41(35)44(3,4)39(33)21-27)7-13-31(37)32-14-8-26(20-38(32)43)28-10-16-34-36-18-12-30(47)24-42(36)45(5,6)40(34)22-28;14-13(15)12-9-5-4-8-11(12)10-6-2-1-3-7-10/h7-42H,1-6H3;7-24H,1-6H3;1-9,14-15H. The van der Waals surface area contributed by atoms with E-state index in [1.165, 1.54) is 223 Å². The summed E-state index contributed by atoms with van der Waals surface area (Å²) in [5.41, 5.74) is 55.0. The molecule has 0 unspecified atom stereocenters. The van der Waals surface area contributed by atoms with Crippen molar-refractivity contribution >= 4 is 44.4 Å². The molecule has 0 bridgehead atoms. The molecule has 0 aromatic heterocycles. The van der Waals surface area contributed by atoms with Gasteiger partial charge in [-0.25, -0.2) is 0 Å². The molecule has 0 aliphatic heterocycles. The maximum Gasteiger partial charge on any atom is 0.489 e. The van der Waals surface area contributed by atoms with Crippen molar-refractivity contribution in [1.82, 2.24) is 0 Å². The second kappa shape index (κ2) is 31.3. The molecule has 0 spiro atoms. The highest BCUT2D eigenvalue weighted by Crippen LogP contribution is 2.59. The maximum absolute atomic E-state index is 9.22. The highest BCUT2D eigenvalue weighted by molar-refractivity contribution is 9.10. The van der Waals surface area contributed by atoms with Gasteiger partial charge in [-0.2, -0.15) is 0 Å². The van der Waals surface area contributed by atoms with Crippen LogP contribution in [0.2, 0.25) is 0 Å². The molecule has 0 atom stereocenters. The number of hydrogen-bond donors (Lipinski definition) is 2. The summed E-state index contributed by atoms with van der Waals surface area (Å²) in [6.45, 7) is 28.6. The Morgan fingerprint density at radius 3 is 0.534 bits per heavy atom. The van der Waals surface area contributed by atoms with E-state index in [9.17, 15) is 10.0 Å². The monoisotopic (exact) mass is 1810 g/mol. The summed E-state index contributed by atoms with van der Waals surface area (Å²) in [6.07, 6.45) is 0. The predicted octanol–water partition coefficient (Wildman–Crippen LogP) is 33.1. The average Bonchev–Trinajstić information content (AvgIpc) is 1.57. The Bertz CT molecular complexity index is 7340. The molecule has 0 saturated carbocycles. The zero-order valence-electron chi connectivity index (χ0n) is 76.1. The molecule has 0 fully saturated rings. The molecule has 24 rings (SSSR count). The fourth-order valence-corrected chi connectivity index (χ4v) is 23.7. The lowest BCUT2D eigenvalue weighted by Crippen LogP contribution is -2.31. The normalized spacial score (nSPS) is 14.9. The quantitative estimate of drug-likeness (QED) is 0.134. The number of halogens is 2. The Morgan fingerprint density at radius 2 is 0.313 bits per heavy atom. The lowest BCUT2D eigenvalue weighted by Gasteiger charge is -2.24. The Balaban J connectivity index is 0.000000139. The van der Waals surface area contributed by atoms with E-state index in [-0.39, 0.29) is 32.5 Å². The van der Waals surface area contributed by atoms with Gasteiger partial charge in [-0.1, -0.05) is 412 Å². The maximum atomic E-state index is 9.22. The van der Waals surface area contributed by atoms with Gasteiger partial charge in [0.2, 0.25) is 0 Å². The second-order valence-electron chi connectivity index (χ2n) is 39.9. The molecule has 0 radical (unpaired) electrons. The first-order chi connectivity index (χ1) is 63.1. The van der Waals surface area contributed by atoms with Crippen LogP contribution in [0.25, 0.3) is 167 Å². The first-order valence-electron chi connectivity index (χ1n) is 46.0. The first kappa shape index (κ1) is 83.5. The number of fused-ring (bicyclic) bond motifs is 18. The molecule has 6 aliphatic carbocycles. The van der Waals surface area contributed by atoms with E-state index in [2.05, 4.69) is 443 Å². The van der Waals surface area contributed by atoms with E-state index < -0.39 is 7.12 Å². The van der Waals surface area contributed by atoms with Gasteiger partial charge in [0.25, 0.3) is 0 Å². The van der Waals surface area contributed by atoms with Crippen LogP contribution in [0.4, 0.5) is 0 Å². The molecule has 2 N–H and O–H groups in total. The molecule has 0 heterocycles. The van der Waals surface area contributed by atoms with Crippen molar-refractivity contribution in [3.8, 4) is 167 Å². The van der Waals surface area contributed by atoms with Crippen LogP contribution in [0.1, 0.15) is 150 Å². The van der Waals surface area contributed by atoms with Gasteiger partial charge >= 0.3 is 7.12 Å². The van der Waals surface area contributed by atoms with E-state index in [1.54, 1.807) is 12.1 Å². The summed E-state index contributed by atoms with van der Waals surface area (Å²) in [7, 11) is -1.43. The second-order valence-corrected chi connectivity index (χ2v) is 41.7. The molecule has 2 nitrogen and oxygen atoms in total. The van der Waals surface area contributed by atoms with Crippen LogP contribution in [-0.2, 0) is 32.5 Å². The molecule has 0 saturated heterocycles. The fourth-order valence-electron chi connectivity index (χ4n) is 23.0. The Labute approximate surface area is 788 Å². The predicted molar refractivity (Wildman–Crippen MR) is 559 cm³/mol. The number of benzene rings is 18. The van der Waals surface area contributed by atoms with Crippen LogP contribution in [-0.4, -0.2) is 17.2 Å². The average molecular weight is 1820 g/mol. The summed E-state index contributed by atoms with van der Waals surface area (Å²) in [5, 5.41) is 18.4. The van der Waals surface area contributed by atoms with Crippen molar-refractivity contribution in [1.29, 1.82) is 0 Å². The summed E-state index contributed by atoms with van der Waals surface area (Å²) in [4.78, 5) is 0. The van der Waals surface area contributed by atoms with Crippen LogP contribution in [0, 0.1) is 0 Å². The largest absolute Gasteiger partial charge is 0.489 e. The minimum absolute atomic E-state index is 0.0422. The van der Waals surface area contributed by atoms with E-state index in [4.69, 9.17) is 0 Å². The Morgan fingerprint density at radius 1 is 0.153 bits per heavy atom. The van der Waals surface area contributed by atoms with Gasteiger partial charge in [-0.15, -0.1) is 0 Å². The lowest BCUT2D eigenvalue weighted by atomic mass is 9.75. The van der Waals surface area contributed by atoms with E-state index in [0.29, 0.717) is 5.46 Å². The molecule has 6 aliphatic rings. The minimum atomic E-state index is -1.43. The lowest BCUT2D eigenvalue weighted by molar-refractivity contribution is 0.426. The summed E-state index contributed by atoms with van der Waals surface area (Å²) in [5.74, 6) is 0. The molecule has 0 amide bonds. The van der Waals surface area contributed by atoms with Crippen LogP contribution < -0.4 is 5.46 Å². The molecule has 131 heavy (non-hydrogen) atoms. The van der Waals surface area contributed by atoms with Gasteiger partial charge in [-0.3, -0.25) is 0 Å². The van der Waals surface area contributed by atoms with Crippen molar-refractivity contribution in [3.05, 3.63) is 458 Å². The van der Waals surface area contributed by atoms with E-state index in [0.717, 1.165) is 20.1 Å². The zero-order valence-corrected chi connectivity index (χ0v) is 79.3. The van der Waals surface area contributed by atoms with Crippen molar-refractivity contribution in [3.63, 3.8) is 0 Å². The van der Waals surface area contributed by atoms with E-state index in [1.807, 2.05) is 42.5 Å². The van der Waals surface area contributed by atoms with Gasteiger partial charge in [-0.05, 0) is 324 Å². The third-order valence-electron chi connectivity index (χ3n) is 30.3. The van der Waals surface area contributed by atoms with Gasteiger partial charge in [0, 0.05) is 41.4 Å². The van der Waals surface area contributed by atoms with Gasteiger partial charge in [0.15, 0.2) is 0 Å². The van der Waals surface area contributed by atoms with Crippen molar-refractivity contribution in [2.75, 3.05) is 0 Å². The number of rotatable bonds is 10. The summed E-state index contributed by atoms with van der Waals surface area (Å²) in [6, 6.07) is 141. The number of hydrogen-bond acceptors (Lipinski definition) is 2. The summed E-state index contributed by atoms with van der Waals surface area (Å²) >= 11 is 7.41. The van der Waals surface area contributed by atoms with Gasteiger partial charge < -0.3 is 10.0 Å². The first-order valence-corrected chi connectivity index (χ1v) is 47.6. The molecular formula is C126H101BBr2O2. The third-order valence-corrected chi connectivity index (χ3v) is 31.3.